The van der Waals surface area contributed by atoms with E-state index < -0.39 is 0 Å². The van der Waals surface area contributed by atoms with Gasteiger partial charge >= 0.3 is 0 Å². The zero-order chi connectivity index (χ0) is 13.3. The zero-order valence-electron chi connectivity index (χ0n) is 10.5. The molecule has 0 N–H and O–H groups in total. The van der Waals surface area contributed by atoms with Crippen LogP contribution in [0.2, 0.25) is 0 Å². The second-order valence-corrected chi connectivity index (χ2v) is 6.44. The Labute approximate surface area is 116 Å². The Bertz CT molecular complexity index is 487. The van der Waals surface area contributed by atoms with Crippen molar-refractivity contribution < 1.29 is 4.74 Å². The first kappa shape index (κ1) is 13.3. The maximum atomic E-state index is 12.2. The van der Waals surface area contributed by atoms with Crippen molar-refractivity contribution in [3.63, 3.8) is 0 Å². The van der Waals surface area contributed by atoms with Crippen molar-refractivity contribution in [2.75, 3.05) is 7.05 Å². The Balaban J connectivity index is 2.27. The van der Waals surface area contributed by atoms with Crippen molar-refractivity contribution in [3.05, 3.63) is 35.3 Å². The van der Waals surface area contributed by atoms with Crippen LogP contribution in [0.4, 0.5) is 0 Å². The van der Waals surface area contributed by atoms with Gasteiger partial charge in [-0.05, 0) is 37.7 Å². The molecule has 1 aromatic rings. The van der Waals surface area contributed by atoms with Gasteiger partial charge in [0.2, 0.25) is 5.37 Å². The van der Waals surface area contributed by atoms with Crippen LogP contribution in [0.15, 0.2) is 24.5 Å². The number of hydroxylamine groups is 1. The van der Waals surface area contributed by atoms with Crippen LogP contribution in [0.1, 0.15) is 19.4 Å². The topological polar surface area (TPSA) is 42.2 Å². The fourth-order valence-corrected chi connectivity index (χ4v) is 3.45. The van der Waals surface area contributed by atoms with Crippen molar-refractivity contribution in [3.8, 4) is 0 Å². The van der Waals surface area contributed by atoms with Crippen LogP contribution >= 0.6 is 24.0 Å². The monoisotopic (exact) mass is 281 g/mol. The molecule has 0 bridgehead atoms. The highest BCUT2D eigenvalue weighted by Crippen LogP contribution is 2.38. The Morgan fingerprint density at radius 1 is 1.61 bits per heavy atom. The van der Waals surface area contributed by atoms with Gasteiger partial charge in [0.1, 0.15) is 9.86 Å². The number of hydrogen-bond donors (Lipinski definition) is 0. The minimum absolute atomic E-state index is 0.241. The van der Waals surface area contributed by atoms with Gasteiger partial charge in [0.05, 0.1) is 5.56 Å². The summed E-state index contributed by atoms with van der Waals surface area (Å²) in [6.07, 6.45) is 4.91. The third-order valence-corrected chi connectivity index (χ3v) is 5.19. The van der Waals surface area contributed by atoms with Crippen molar-refractivity contribution in [1.29, 1.82) is 0 Å². The third-order valence-electron chi connectivity index (χ3n) is 3.15. The fourth-order valence-electron chi connectivity index (χ4n) is 1.75. The zero-order valence-corrected chi connectivity index (χ0v) is 12.2. The minimum atomic E-state index is -0.289. The lowest BCUT2D eigenvalue weighted by Gasteiger charge is -2.30. The van der Waals surface area contributed by atoms with Crippen molar-refractivity contribution in [1.82, 2.24) is 9.88 Å². The lowest BCUT2D eigenvalue weighted by Crippen LogP contribution is -2.47. The predicted molar refractivity (Wildman–Crippen MR) is 78.8 cm³/mol. The maximum absolute atomic E-state index is 12.2. The lowest BCUT2D eigenvalue weighted by atomic mass is 10.0. The van der Waals surface area contributed by atoms with Gasteiger partial charge in [-0.15, -0.1) is 0 Å². The molecule has 0 aromatic carbocycles. The molecule has 2 rings (SSSR count). The molecular weight excluding hydrogens is 266 g/mol. The Hall–Kier alpha value is -1.14. The molecule has 0 saturated carbocycles. The van der Waals surface area contributed by atoms with Gasteiger partial charge in [0.25, 0.3) is 0 Å². The largest absolute Gasteiger partial charge is 0.623 e. The van der Waals surface area contributed by atoms with E-state index in [4.69, 9.17) is 12.2 Å². The summed E-state index contributed by atoms with van der Waals surface area (Å²) in [5.74, 6) is 0. The van der Waals surface area contributed by atoms with Crippen molar-refractivity contribution in [2.45, 2.75) is 24.8 Å². The predicted octanol–water partition coefficient (Wildman–Crippen LogP) is 2.08. The molecule has 1 atom stereocenters. The van der Waals surface area contributed by atoms with E-state index >= 15 is 0 Å². The Morgan fingerprint density at radius 2 is 2.33 bits per heavy atom. The van der Waals surface area contributed by atoms with Crippen LogP contribution in [0.3, 0.4) is 0 Å². The second kappa shape index (κ2) is 4.85. The van der Waals surface area contributed by atoms with E-state index in [2.05, 4.69) is 4.98 Å². The van der Waals surface area contributed by atoms with E-state index in [0.717, 1.165) is 14.6 Å². The molecule has 18 heavy (non-hydrogen) atoms. The first-order valence-electron chi connectivity index (χ1n) is 5.58. The number of pyridine rings is 1. The normalized spacial score (nSPS) is 23.5. The number of thiocarbonyl (C=S) groups is 1. The fraction of sp³-hybridized carbons (Fsp3) is 0.417. The molecule has 0 radical (unpaired) electrons. The first-order valence-corrected chi connectivity index (χ1v) is 6.86. The maximum Gasteiger partial charge on any atom is 0.238 e. The molecule has 0 unspecified atom stereocenters. The molecule has 1 fully saturated rings. The highest BCUT2D eigenvalue weighted by Gasteiger charge is 2.48. The SMILES string of the molecule is CN1C(=S)S[C@@H](/[N+]([O-])=C/c2cccnc2)C1(C)C. The summed E-state index contributed by atoms with van der Waals surface area (Å²) in [4.78, 5) is 5.96. The average molecular weight is 281 g/mol. The number of thioether (sulfide) groups is 1. The molecule has 1 aliphatic rings. The molecule has 1 aromatic heterocycles. The number of nitrogens with zero attached hydrogens (tertiary/aromatic N) is 3. The van der Waals surface area contributed by atoms with E-state index in [1.54, 1.807) is 18.6 Å². The number of rotatable bonds is 2. The summed E-state index contributed by atoms with van der Waals surface area (Å²) >= 11 is 6.68. The summed E-state index contributed by atoms with van der Waals surface area (Å²) in [5.41, 5.74) is 0.506. The van der Waals surface area contributed by atoms with Crippen LogP contribution in [-0.4, -0.2) is 43.1 Å². The summed E-state index contributed by atoms with van der Waals surface area (Å²) in [7, 11) is 1.92. The molecule has 0 aliphatic carbocycles. The highest BCUT2D eigenvalue weighted by atomic mass is 32.2. The smallest absolute Gasteiger partial charge is 0.238 e. The minimum Gasteiger partial charge on any atom is -0.623 e. The molecule has 4 nitrogen and oxygen atoms in total. The van der Waals surface area contributed by atoms with Gasteiger partial charge < -0.3 is 10.1 Å². The van der Waals surface area contributed by atoms with Gasteiger partial charge in [0, 0.05) is 19.4 Å². The van der Waals surface area contributed by atoms with Gasteiger partial charge in [-0.1, -0.05) is 12.2 Å². The quantitative estimate of drug-likeness (QED) is 0.273. The number of likely N-dealkylation sites (N-methyl/N-ethyl adjacent to an activating group) is 1. The molecule has 1 aliphatic heterocycles. The Kier molecular flexibility index (Phi) is 3.59. The summed E-state index contributed by atoms with van der Waals surface area (Å²) in [6, 6.07) is 3.66. The first-order chi connectivity index (χ1) is 8.43. The number of hydrogen-bond acceptors (Lipinski definition) is 4. The van der Waals surface area contributed by atoms with Gasteiger partial charge in [-0.2, -0.15) is 4.74 Å². The second-order valence-electron chi connectivity index (χ2n) is 4.72. The molecule has 1 saturated heterocycles. The molecule has 2 heterocycles. The molecule has 0 amide bonds. The molecular formula is C12H15N3OS2. The Morgan fingerprint density at radius 3 is 2.83 bits per heavy atom. The van der Waals surface area contributed by atoms with Gasteiger partial charge in [-0.3, -0.25) is 4.98 Å². The lowest BCUT2D eigenvalue weighted by molar-refractivity contribution is -0.480. The van der Waals surface area contributed by atoms with E-state index in [9.17, 15) is 5.21 Å². The van der Waals surface area contributed by atoms with Crippen LogP contribution in [0.25, 0.3) is 0 Å². The van der Waals surface area contributed by atoms with Crippen LogP contribution in [0, 0.1) is 5.21 Å². The van der Waals surface area contributed by atoms with Crippen LogP contribution in [-0.2, 0) is 0 Å². The van der Waals surface area contributed by atoms with Crippen molar-refractivity contribution in [2.24, 2.45) is 0 Å². The van der Waals surface area contributed by atoms with E-state index in [1.165, 1.54) is 11.8 Å². The third kappa shape index (κ3) is 2.35. The van der Waals surface area contributed by atoms with Crippen LogP contribution < -0.4 is 0 Å². The average Bonchev–Trinajstić information content (AvgIpc) is 2.54. The molecule has 6 heteroatoms. The highest BCUT2D eigenvalue weighted by molar-refractivity contribution is 8.23. The summed E-state index contributed by atoms with van der Waals surface area (Å²) in [6.45, 7) is 4.04. The summed E-state index contributed by atoms with van der Waals surface area (Å²) in [5, 5.41) is 12.0. The van der Waals surface area contributed by atoms with E-state index in [0.29, 0.717) is 0 Å². The number of aromatic nitrogens is 1. The summed E-state index contributed by atoms with van der Waals surface area (Å²) < 4.78 is 1.72. The van der Waals surface area contributed by atoms with E-state index in [1.807, 2.05) is 37.9 Å². The van der Waals surface area contributed by atoms with Crippen LogP contribution in [0.5, 0.6) is 0 Å². The molecule has 0 spiro atoms. The standard InChI is InChI=1S/C12H15N3OS2/c1-12(2)10(18-11(17)14(12)3)15(16)8-9-5-4-6-13-7-9/h4-8,10H,1-3H3/b15-8-/t10-/m1/s1. The van der Waals surface area contributed by atoms with Gasteiger partial charge in [0.15, 0.2) is 6.21 Å². The van der Waals surface area contributed by atoms with Crippen molar-refractivity contribution >= 4 is 34.5 Å². The van der Waals surface area contributed by atoms with Gasteiger partial charge in [-0.25, -0.2) is 0 Å². The van der Waals surface area contributed by atoms with E-state index in [-0.39, 0.29) is 10.9 Å². The molecule has 96 valence electrons.